The molecule has 0 saturated carbocycles. The van der Waals surface area contributed by atoms with Gasteiger partial charge in [-0.05, 0) is 41.1 Å². The fourth-order valence-electron chi connectivity index (χ4n) is 1.69. The van der Waals surface area contributed by atoms with Gasteiger partial charge in [0.1, 0.15) is 5.82 Å². The number of hydrogen-bond acceptors (Lipinski definition) is 4. The number of rotatable bonds is 4. The van der Waals surface area contributed by atoms with Crippen molar-refractivity contribution < 1.29 is 0 Å². The quantitative estimate of drug-likeness (QED) is 0.858. The maximum Gasteiger partial charge on any atom is 0.161 e. The molecule has 18 heavy (non-hydrogen) atoms. The van der Waals surface area contributed by atoms with E-state index in [-0.39, 0.29) is 0 Å². The molecule has 0 spiro atoms. The molecule has 94 valence electrons. The molecule has 2 aromatic rings. The molecule has 0 amide bonds. The van der Waals surface area contributed by atoms with Crippen LogP contribution in [0.4, 0.5) is 5.82 Å². The molecule has 0 unspecified atom stereocenters. The van der Waals surface area contributed by atoms with Gasteiger partial charge in [0.2, 0.25) is 0 Å². The first-order valence-corrected chi connectivity index (χ1v) is 6.98. The van der Waals surface area contributed by atoms with Gasteiger partial charge in [-0.3, -0.25) is 4.98 Å². The molecule has 0 aliphatic heterocycles. The maximum absolute atomic E-state index is 4.65. The van der Waals surface area contributed by atoms with E-state index in [1.165, 1.54) is 0 Å². The smallest absolute Gasteiger partial charge is 0.161 e. The number of aromatic nitrogens is 3. The second-order valence-corrected chi connectivity index (χ2v) is 4.97. The molecule has 0 aliphatic rings. The monoisotopic (exact) mass is 354 g/mol. The number of pyridine rings is 1. The average Bonchev–Trinajstić information content (AvgIpc) is 2.42. The van der Waals surface area contributed by atoms with Crippen molar-refractivity contribution in [3.8, 4) is 11.4 Å². The van der Waals surface area contributed by atoms with Crippen molar-refractivity contribution in [3.63, 3.8) is 0 Å². The van der Waals surface area contributed by atoms with E-state index in [1.807, 2.05) is 19.2 Å². The second-order valence-electron chi connectivity index (χ2n) is 3.89. The van der Waals surface area contributed by atoms with E-state index < -0.39 is 0 Å². The third kappa shape index (κ3) is 2.77. The minimum Gasteiger partial charge on any atom is -0.372 e. The Morgan fingerprint density at radius 3 is 2.56 bits per heavy atom. The van der Waals surface area contributed by atoms with Gasteiger partial charge >= 0.3 is 0 Å². The largest absolute Gasteiger partial charge is 0.372 e. The lowest BCUT2D eigenvalue weighted by Crippen LogP contribution is -2.05. The van der Waals surface area contributed by atoms with Crippen LogP contribution in [0.25, 0.3) is 11.4 Å². The summed E-state index contributed by atoms with van der Waals surface area (Å²) in [4.78, 5) is 13.2. The Bertz CT molecular complexity index is 528. The molecule has 0 fully saturated rings. The Hall–Kier alpha value is -1.24. The highest BCUT2D eigenvalue weighted by atomic mass is 127. The number of aryl methyl sites for hydroxylation is 1. The maximum atomic E-state index is 4.65. The molecule has 0 aliphatic carbocycles. The predicted molar refractivity (Wildman–Crippen MR) is 81.5 cm³/mol. The van der Waals surface area contributed by atoms with Crippen LogP contribution in [-0.2, 0) is 6.42 Å². The SMILES string of the molecule is CCCc1nc(-c2ccncc2)nc(NC)c1I. The minimum absolute atomic E-state index is 0.755. The van der Waals surface area contributed by atoms with Crippen LogP contribution in [0, 0.1) is 3.57 Å². The molecular weight excluding hydrogens is 339 g/mol. The van der Waals surface area contributed by atoms with Crippen molar-refractivity contribution in [1.29, 1.82) is 0 Å². The topological polar surface area (TPSA) is 50.7 Å². The molecular formula is C13H15IN4. The van der Waals surface area contributed by atoms with Crippen molar-refractivity contribution >= 4 is 28.4 Å². The Balaban J connectivity index is 2.52. The predicted octanol–water partition coefficient (Wildman–Crippen LogP) is 3.14. The third-order valence-electron chi connectivity index (χ3n) is 2.58. The molecule has 0 saturated heterocycles. The van der Waals surface area contributed by atoms with Gasteiger partial charge in [-0.15, -0.1) is 0 Å². The first-order valence-electron chi connectivity index (χ1n) is 5.90. The van der Waals surface area contributed by atoms with Crippen LogP contribution in [0.2, 0.25) is 0 Å². The zero-order valence-corrected chi connectivity index (χ0v) is 12.6. The van der Waals surface area contributed by atoms with E-state index in [1.54, 1.807) is 12.4 Å². The van der Waals surface area contributed by atoms with Crippen molar-refractivity contribution in [2.75, 3.05) is 12.4 Å². The number of anilines is 1. The van der Waals surface area contributed by atoms with E-state index >= 15 is 0 Å². The summed E-state index contributed by atoms with van der Waals surface area (Å²) < 4.78 is 1.11. The van der Waals surface area contributed by atoms with E-state index in [2.05, 4.69) is 49.8 Å². The average molecular weight is 354 g/mol. The fourth-order valence-corrected chi connectivity index (χ4v) is 2.47. The summed E-state index contributed by atoms with van der Waals surface area (Å²) in [6.45, 7) is 2.16. The van der Waals surface area contributed by atoms with Gasteiger partial charge in [-0.1, -0.05) is 13.3 Å². The second kappa shape index (κ2) is 6.08. The molecule has 1 N–H and O–H groups in total. The van der Waals surface area contributed by atoms with Gasteiger partial charge in [-0.25, -0.2) is 9.97 Å². The van der Waals surface area contributed by atoms with Crippen LogP contribution in [0.5, 0.6) is 0 Å². The van der Waals surface area contributed by atoms with E-state index in [4.69, 9.17) is 0 Å². The molecule has 2 heterocycles. The molecule has 4 nitrogen and oxygen atoms in total. The summed E-state index contributed by atoms with van der Waals surface area (Å²) in [5.41, 5.74) is 2.10. The van der Waals surface area contributed by atoms with Gasteiger partial charge in [0.25, 0.3) is 0 Å². The van der Waals surface area contributed by atoms with Crippen LogP contribution in [0.15, 0.2) is 24.5 Å². The molecule has 0 radical (unpaired) electrons. The van der Waals surface area contributed by atoms with Crippen LogP contribution in [0.3, 0.4) is 0 Å². The standard InChI is InChI=1S/C13H15IN4/c1-3-4-10-11(14)13(15-2)18-12(17-10)9-5-7-16-8-6-9/h5-8H,3-4H2,1-2H3,(H,15,17,18). The highest BCUT2D eigenvalue weighted by molar-refractivity contribution is 14.1. The summed E-state index contributed by atoms with van der Waals surface area (Å²) in [5, 5.41) is 3.13. The Kier molecular flexibility index (Phi) is 4.46. The highest BCUT2D eigenvalue weighted by Crippen LogP contribution is 2.24. The van der Waals surface area contributed by atoms with Crippen LogP contribution < -0.4 is 5.32 Å². The zero-order chi connectivity index (χ0) is 13.0. The van der Waals surface area contributed by atoms with Gasteiger partial charge < -0.3 is 5.32 Å². The zero-order valence-electron chi connectivity index (χ0n) is 10.4. The summed E-state index contributed by atoms with van der Waals surface area (Å²) in [7, 11) is 1.89. The number of hydrogen-bond donors (Lipinski definition) is 1. The third-order valence-corrected chi connectivity index (χ3v) is 3.72. The number of nitrogens with one attached hydrogen (secondary N) is 1. The van der Waals surface area contributed by atoms with E-state index in [9.17, 15) is 0 Å². The number of halogens is 1. The lowest BCUT2D eigenvalue weighted by atomic mass is 10.2. The molecule has 0 aromatic carbocycles. The van der Waals surface area contributed by atoms with Crippen molar-refractivity contribution in [2.24, 2.45) is 0 Å². The van der Waals surface area contributed by atoms with Gasteiger partial charge in [-0.2, -0.15) is 0 Å². The molecule has 2 rings (SSSR count). The normalized spacial score (nSPS) is 10.4. The minimum atomic E-state index is 0.755. The molecule has 0 bridgehead atoms. The lowest BCUT2D eigenvalue weighted by Gasteiger charge is -2.10. The Labute approximate surface area is 120 Å². The first-order chi connectivity index (χ1) is 8.76. The Morgan fingerprint density at radius 2 is 1.94 bits per heavy atom. The van der Waals surface area contributed by atoms with E-state index in [0.717, 1.165) is 39.3 Å². The van der Waals surface area contributed by atoms with Gasteiger partial charge in [0, 0.05) is 25.0 Å². The molecule has 0 atom stereocenters. The molecule has 5 heteroatoms. The van der Waals surface area contributed by atoms with E-state index in [0.29, 0.717) is 0 Å². The van der Waals surface area contributed by atoms with Crippen molar-refractivity contribution in [3.05, 3.63) is 33.8 Å². The van der Waals surface area contributed by atoms with Gasteiger partial charge in [0.05, 0.1) is 9.26 Å². The summed E-state index contributed by atoms with van der Waals surface area (Å²) in [5.74, 6) is 1.64. The lowest BCUT2D eigenvalue weighted by molar-refractivity contribution is 0.868. The summed E-state index contributed by atoms with van der Waals surface area (Å²) >= 11 is 2.30. The van der Waals surface area contributed by atoms with Crippen LogP contribution >= 0.6 is 22.6 Å². The Morgan fingerprint density at radius 1 is 1.22 bits per heavy atom. The van der Waals surface area contributed by atoms with Crippen molar-refractivity contribution in [1.82, 2.24) is 15.0 Å². The number of nitrogens with zero attached hydrogens (tertiary/aromatic N) is 3. The van der Waals surface area contributed by atoms with Crippen LogP contribution in [0.1, 0.15) is 19.0 Å². The highest BCUT2D eigenvalue weighted by Gasteiger charge is 2.11. The van der Waals surface area contributed by atoms with Crippen molar-refractivity contribution in [2.45, 2.75) is 19.8 Å². The fraction of sp³-hybridized carbons (Fsp3) is 0.308. The summed E-state index contributed by atoms with van der Waals surface area (Å²) in [6, 6.07) is 3.86. The first kappa shape index (κ1) is 13.2. The molecule has 2 aromatic heterocycles. The van der Waals surface area contributed by atoms with Crippen LogP contribution in [-0.4, -0.2) is 22.0 Å². The summed E-state index contributed by atoms with van der Waals surface area (Å²) in [6.07, 6.45) is 5.56. The van der Waals surface area contributed by atoms with Gasteiger partial charge in [0.15, 0.2) is 5.82 Å².